The molecule has 5 heteroatoms. The van der Waals surface area contributed by atoms with Gasteiger partial charge in [0.2, 0.25) is 0 Å². The first-order valence-corrected chi connectivity index (χ1v) is 6.54. The number of rotatable bonds is 4. The first-order valence-electron chi connectivity index (χ1n) is 5.18. The first-order chi connectivity index (χ1) is 8.29. The normalized spacial score (nSPS) is 10.5. The van der Waals surface area contributed by atoms with E-state index in [-0.39, 0.29) is 0 Å². The third-order valence-corrected chi connectivity index (χ3v) is 3.47. The summed E-state index contributed by atoms with van der Waals surface area (Å²) >= 11 is 7.55. The Morgan fingerprint density at radius 2 is 2.00 bits per heavy atom. The van der Waals surface area contributed by atoms with Gasteiger partial charge in [-0.1, -0.05) is 41.9 Å². The van der Waals surface area contributed by atoms with Crippen molar-refractivity contribution in [2.24, 2.45) is 5.73 Å². The number of nitrogens with zero attached hydrogens (tertiary/aromatic N) is 2. The third kappa shape index (κ3) is 3.43. The van der Waals surface area contributed by atoms with Gasteiger partial charge in [-0.3, -0.25) is 4.98 Å². The second-order valence-corrected chi connectivity index (χ2v) is 4.78. The Morgan fingerprint density at radius 3 is 2.65 bits per heavy atom. The van der Waals surface area contributed by atoms with Gasteiger partial charge in [-0.05, 0) is 5.56 Å². The molecule has 1 heterocycles. The van der Waals surface area contributed by atoms with Crippen LogP contribution in [-0.4, -0.2) is 9.97 Å². The molecule has 0 saturated carbocycles. The third-order valence-electron chi connectivity index (χ3n) is 2.20. The zero-order chi connectivity index (χ0) is 12.1. The van der Waals surface area contributed by atoms with Crippen molar-refractivity contribution in [3.8, 4) is 0 Å². The van der Waals surface area contributed by atoms with E-state index in [4.69, 9.17) is 17.3 Å². The standard InChI is InChI=1S/C12H12ClN3S/c13-12-10(6-14)15-7-11(16-12)17-8-9-4-2-1-3-5-9/h1-5,7H,6,8,14H2. The lowest BCUT2D eigenvalue weighted by Crippen LogP contribution is -2.02. The number of hydrogen-bond acceptors (Lipinski definition) is 4. The summed E-state index contributed by atoms with van der Waals surface area (Å²) in [6.07, 6.45) is 1.71. The molecular formula is C12H12ClN3S. The number of nitrogens with two attached hydrogens (primary N) is 1. The smallest absolute Gasteiger partial charge is 0.153 e. The number of benzene rings is 1. The molecule has 0 bridgehead atoms. The van der Waals surface area contributed by atoms with Gasteiger partial charge in [0.05, 0.1) is 11.9 Å². The number of halogens is 1. The van der Waals surface area contributed by atoms with Gasteiger partial charge in [0.1, 0.15) is 5.03 Å². The van der Waals surface area contributed by atoms with Gasteiger partial charge in [0, 0.05) is 12.3 Å². The van der Waals surface area contributed by atoms with E-state index < -0.39 is 0 Å². The topological polar surface area (TPSA) is 51.8 Å². The van der Waals surface area contributed by atoms with Crippen LogP contribution in [0.5, 0.6) is 0 Å². The summed E-state index contributed by atoms with van der Waals surface area (Å²) in [6.45, 7) is 0.315. The van der Waals surface area contributed by atoms with Crippen molar-refractivity contribution in [1.82, 2.24) is 9.97 Å². The van der Waals surface area contributed by atoms with Crippen LogP contribution in [0.1, 0.15) is 11.3 Å². The molecule has 2 N–H and O–H groups in total. The second kappa shape index (κ2) is 6.00. The molecule has 0 amide bonds. The molecule has 0 fully saturated rings. The van der Waals surface area contributed by atoms with Crippen LogP contribution in [0.15, 0.2) is 41.6 Å². The van der Waals surface area contributed by atoms with E-state index in [0.717, 1.165) is 10.8 Å². The highest BCUT2D eigenvalue weighted by Crippen LogP contribution is 2.22. The zero-order valence-corrected chi connectivity index (χ0v) is 10.7. The molecule has 0 radical (unpaired) electrons. The van der Waals surface area contributed by atoms with Crippen molar-refractivity contribution in [2.75, 3.05) is 0 Å². The molecule has 0 unspecified atom stereocenters. The Morgan fingerprint density at radius 1 is 1.24 bits per heavy atom. The lowest BCUT2D eigenvalue weighted by Gasteiger charge is -2.03. The molecule has 0 aliphatic carbocycles. The van der Waals surface area contributed by atoms with Crippen LogP contribution >= 0.6 is 23.4 Å². The SMILES string of the molecule is NCc1ncc(SCc2ccccc2)nc1Cl. The highest BCUT2D eigenvalue weighted by Gasteiger charge is 2.04. The summed E-state index contributed by atoms with van der Waals surface area (Å²) in [6, 6.07) is 10.2. The van der Waals surface area contributed by atoms with E-state index >= 15 is 0 Å². The average molecular weight is 266 g/mol. The molecule has 1 aromatic heterocycles. The van der Waals surface area contributed by atoms with Gasteiger partial charge in [-0.2, -0.15) is 0 Å². The monoisotopic (exact) mass is 265 g/mol. The lowest BCUT2D eigenvalue weighted by molar-refractivity contribution is 0.924. The minimum Gasteiger partial charge on any atom is -0.325 e. The van der Waals surface area contributed by atoms with Gasteiger partial charge >= 0.3 is 0 Å². The molecular weight excluding hydrogens is 254 g/mol. The Kier molecular flexibility index (Phi) is 4.36. The highest BCUT2D eigenvalue weighted by atomic mass is 35.5. The quantitative estimate of drug-likeness (QED) is 0.864. The molecule has 88 valence electrons. The van der Waals surface area contributed by atoms with Gasteiger partial charge in [-0.25, -0.2) is 4.98 Å². The van der Waals surface area contributed by atoms with Crippen LogP contribution in [0.3, 0.4) is 0 Å². The predicted octanol–water partition coefficient (Wildman–Crippen LogP) is 2.88. The maximum atomic E-state index is 5.94. The van der Waals surface area contributed by atoms with Crippen LogP contribution < -0.4 is 5.73 Å². The minimum absolute atomic E-state index is 0.315. The molecule has 1 aromatic carbocycles. The van der Waals surface area contributed by atoms with Crippen molar-refractivity contribution in [1.29, 1.82) is 0 Å². The van der Waals surface area contributed by atoms with Crippen molar-refractivity contribution >= 4 is 23.4 Å². The Bertz CT molecular complexity index is 490. The zero-order valence-electron chi connectivity index (χ0n) is 9.14. The van der Waals surface area contributed by atoms with Crippen LogP contribution in [0.25, 0.3) is 0 Å². The molecule has 0 spiro atoms. The van der Waals surface area contributed by atoms with E-state index in [1.54, 1.807) is 18.0 Å². The van der Waals surface area contributed by atoms with Crippen LogP contribution in [-0.2, 0) is 12.3 Å². The first kappa shape index (κ1) is 12.4. The molecule has 0 aliphatic rings. The average Bonchev–Trinajstić information content (AvgIpc) is 2.38. The number of hydrogen-bond donors (Lipinski definition) is 1. The number of thioether (sulfide) groups is 1. The van der Waals surface area contributed by atoms with E-state index in [1.807, 2.05) is 18.2 Å². The Hall–Kier alpha value is -1.10. The van der Waals surface area contributed by atoms with Gasteiger partial charge < -0.3 is 5.73 Å². The highest BCUT2D eigenvalue weighted by molar-refractivity contribution is 7.98. The van der Waals surface area contributed by atoms with E-state index in [1.165, 1.54) is 5.56 Å². The van der Waals surface area contributed by atoms with Crippen LogP contribution in [0.4, 0.5) is 0 Å². The molecule has 2 rings (SSSR count). The molecule has 0 saturated heterocycles. The Labute approximate surface area is 109 Å². The maximum absolute atomic E-state index is 5.94. The van der Waals surface area contributed by atoms with Crippen LogP contribution in [0.2, 0.25) is 5.15 Å². The van der Waals surface area contributed by atoms with Gasteiger partial charge in [0.15, 0.2) is 5.15 Å². The second-order valence-electron chi connectivity index (χ2n) is 3.42. The van der Waals surface area contributed by atoms with Gasteiger partial charge in [0.25, 0.3) is 0 Å². The predicted molar refractivity (Wildman–Crippen MR) is 70.9 cm³/mol. The van der Waals surface area contributed by atoms with Crippen molar-refractivity contribution in [2.45, 2.75) is 17.3 Å². The fourth-order valence-electron chi connectivity index (χ4n) is 1.31. The molecule has 17 heavy (non-hydrogen) atoms. The summed E-state index contributed by atoms with van der Waals surface area (Å²) in [4.78, 5) is 8.41. The number of aromatic nitrogens is 2. The van der Waals surface area contributed by atoms with Crippen LogP contribution in [0, 0.1) is 0 Å². The summed E-state index contributed by atoms with van der Waals surface area (Å²) in [5, 5.41) is 1.21. The van der Waals surface area contributed by atoms with E-state index in [2.05, 4.69) is 22.1 Å². The summed E-state index contributed by atoms with van der Waals surface area (Å²) < 4.78 is 0. The molecule has 0 atom stereocenters. The van der Waals surface area contributed by atoms with Crippen molar-refractivity contribution in [3.63, 3.8) is 0 Å². The Balaban J connectivity index is 2.02. The lowest BCUT2D eigenvalue weighted by atomic mass is 10.2. The van der Waals surface area contributed by atoms with E-state index in [9.17, 15) is 0 Å². The van der Waals surface area contributed by atoms with Gasteiger partial charge in [-0.15, -0.1) is 11.8 Å². The van der Waals surface area contributed by atoms with E-state index in [0.29, 0.717) is 17.4 Å². The fourth-order valence-corrected chi connectivity index (χ4v) is 2.37. The van der Waals surface area contributed by atoms with Crippen molar-refractivity contribution < 1.29 is 0 Å². The van der Waals surface area contributed by atoms with Crippen molar-refractivity contribution in [3.05, 3.63) is 52.9 Å². The minimum atomic E-state index is 0.315. The summed E-state index contributed by atoms with van der Waals surface area (Å²) in [5.41, 5.74) is 7.36. The fraction of sp³-hybridized carbons (Fsp3) is 0.167. The molecule has 3 nitrogen and oxygen atoms in total. The largest absolute Gasteiger partial charge is 0.325 e. The summed E-state index contributed by atoms with van der Waals surface area (Å²) in [7, 11) is 0. The summed E-state index contributed by atoms with van der Waals surface area (Å²) in [5.74, 6) is 0.855. The maximum Gasteiger partial charge on any atom is 0.153 e. The molecule has 2 aromatic rings. The molecule has 0 aliphatic heterocycles.